The Morgan fingerprint density at radius 1 is 1.38 bits per heavy atom. The van der Waals surface area contributed by atoms with Crippen LogP contribution in [0.5, 0.6) is 5.75 Å². The van der Waals surface area contributed by atoms with Gasteiger partial charge < -0.3 is 4.74 Å². The molecule has 0 radical (unpaired) electrons. The first-order valence-electron chi connectivity index (χ1n) is 5.95. The van der Waals surface area contributed by atoms with Crippen molar-refractivity contribution in [1.29, 1.82) is 0 Å². The third-order valence-corrected chi connectivity index (χ3v) is 3.27. The first-order valence-corrected chi connectivity index (χ1v) is 7.07. The molecule has 0 aliphatic rings. The van der Waals surface area contributed by atoms with Crippen LogP contribution in [0.15, 0.2) is 18.2 Å². The lowest BCUT2D eigenvalue weighted by molar-refractivity contribution is 0.250. The zero-order chi connectivity index (χ0) is 12.0. The molecule has 0 bridgehead atoms. The van der Waals surface area contributed by atoms with Gasteiger partial charge in [-0.05, 0) is 25.3 Å². The summed E-state index contributed by atoms with van der Waals surface area (Å²) in [6.45, 7) is 7.38. The Hall–Kier alpha value is -0.500. The van der Waals surface area contributed by atoms with Crippen LogP contribution in [-0.2, 0) is 5.33 Å². The van der Waals surface area contributed by atoms with Gasteiger partial charge in [-0.15, -0.1) is 0 Å². The molecule has 1 aromatic rings. The molecule has 0 saturated heterocycles. The van der Waals surface area contributed by atoms with Gasteiger partial charge in [-0.1, -0.05) is 53.9 Å². The highest BCUT2D eigenvalue weighted by Gasteiger charge is 2.06. The van der Waals surface area contributed by atoms with Crippen molar-refractivity contribution >= 4 is 15.9 Å². The fraction of sp³-hybridized carbons (Fsp3) is 0.571. The molecule has 1 nitrogen and oxygen atoms in total. The highest BCUT2D eigenvalue weighted by atomic mass is 79.9. The van der Waals surface area contributed by atoms with Crippen LogP contribution in [0, 0.1) is 12.8 Å². The maximum Gasteiger partial charge on any atom is 0.123 e. The van der Waals surface area contributed by atoms with Crippen molar-refractivity contribution in [3.8, 4) is 5.75 Å². The Morgan fingerprint density at radius 2 is 2.12 bits per heavy atom. The molecule has 0 amide bonds. The van der Waals surface area contributed by atoms with Gasteiger partial charge in [0.25, 0.3) is 0 Å². The SMILES string of the molecule is CCCC(C)COc1ccc(C)cc1CBr. The van der Waals surface area contributed by atoms with E-state index in [1.54, 1.807) is 0 Å². The molecule has 2 heteroatoms. The van der Waals surface area contributed by atoms with Crippen LogP contribution in [0.25, 0.3) is 0 Å². The largest absolute Gasteiger partial charge is 0.493 e. The summed E-state index contributed by atoms with van der Waals surface area (Å²) in [5.41, 5.74) is 2.52. The normalized spacial score (nSPS) is 12.5. The van der Waals surface area contributed by atoms with Crippen LogP contribution in [0.1, 0.15) is 37.8 Å². The van der Waals surface area contributed by atoms with E-state index < -0.39 is 0 Å². The van der Waals surface area contributed by atoms with E-state index in [0.29, 0.717) is 5.92 Å². The molecule has 0 spiro atoms. The summed E-state index contributed by atoms with van der Waals surface area (Å²) < 4.78 is 5.87. The Balaban J connectivity index is 2.59. The molecule has 0 N–H and O–H groups in total. The van der Waals surface area contributed by atoms with Gasteiger partial charge in [-0.25, -0.2) is 0 Å². The van der Waals surface area contributed by atoms with Crippen LogP contribution in [-0.4, -0.2) is 6.61 Å². The van der Waals surface area contributed by atoms with E-state index >= 15 is 0 Å². The Kier molecular flexibility index (Phi) is 5.89. The molecule has 0 aliphatic carbocycles. The number of hydrogen-bond donors (Lipinski definition) is 0. The van der Waals surface area contributed by atoms with Gasteiger partial charge in [-0.2, -0.15) is 0 Å². The molecule has 0 heterocycles. The molecular weight excluding hydrogens is 264 g/mol. The van der Waals surface area contributed by atoms with E-state index in [1.165, 1.54) is 24.0 Å². The van der Waals surface area contributed by atoms with Crippen LogP contribution in [0.4, 0.5) is 0 Å². The Bertz CT molecular complexity index is 323. The van der Waals surface area contributed by atoms with Gasteiger partial charge in [0, 0.05) is 10.9 Å². The summed E-state index contributed by atoms with van der Waals surface area (Å²) in [5, 5.41) is 0.853. The number of hydrogen-bond acceptors (Lipinski definition) is 1. The van der Waals surface area contributed by atoms with Crippen molar-refractivity contribution in [2.75, 3.05) is 6.61 Å². The van der Waals surface area contributed by atoms with Gasteiger partial charge in [-0.3, -0.25) is 0 Å². The van der Waals surface area contributed by atoms with Gasteiger partial charge in [0.15, 0.2) is 0 Å². The molecular formula is C14H21BrO. The van der Waals surface area contributed by atoms with Gasteiger partial charge >= 0.3 is 0 Å². The molecule has 90 valence electrons. The van der Waals surface area contributed by atoms with Gasteiger partial charge in [0.1, 0.15) is 5.75 Å². The van der Waals surface area contributed by atoms with Crippen molar-refractivity contribution < 1.29 is 4.74 Å². The monoisotopic (exact) mass is 284 g/mol. The number of halogens is 1. The average Bonchev–Trinajstić information content (AvgIpc) is 2.27. The second-order valence-electron chi connectivity index (χ2n) is 4.45. The van der Waals surface area contributed by atoms with E-state index in [0.717, 1.165) is 17.7 Å². The summed E-state index contributed by atoms with van der Waals surface area (Å²) in [6.07, 6.45) is 2.46. The minimum absolute atomic E-state index is 0.634. The smallest absolute Gasteiger partial charge is 0.123 e. The fourth-order valence-corrected chi connectivity index (χ4v) is 2.20. The Morgan fingerprint density at radius 3 is 2.75 bits per heavy atom. The van der Waals surface area contributed by atoms with E-state index in [-0.39, 0.29) is 0 Å². The number of aryl methyl sites for hydroxylation is 1. The first-order chi connectivity index (χ1) is 7.67. The van der Waals surface area contributed by atoms with Crippen LogP contribution in [0.2, 0.25) is 0 Å². The second-order valence-corrected chi connectivity index (χ2v) is 5.01. The lowest BCUT2D eigenvalue weighted by Crippen LogP contribution is -2.09. The van der Waals surface area contributed by atoms with Crippen LogP contribution in [0.3, 0.4) is 0 Å². The third kappa shape index (κ3) is 4.17. The van der Waals surface area contributed by atoms with Crippen molar-refractivity contribution in [2.24, 2.45) is 5.92 Å². The minimum atomic E-state index is 0.634. The van der Waals surface area contributed by atoms with E-state index in [4.69, 9.17) is 4.74 Å². The number of alkyl halides is 1. The molecule has 1 unspecified atom stereocenters. The lowest BCUT2D eigenvalue weighted by Gasteiger charge is -2.14. The zero-order valence-corrected chi connectivity index (χ0v) is 12.0. The summed E-state index contributed by atoms with van der Waals surface area (Å²) in [5.74, 6) is 1.65. The minimum Gasteiger partial charge on any atom is -0.493 e. The third-order valence-electron chi connectivity index (χ3n) is 2.66. The summed E-state index contributed by atoms with van der Waals surface area (Å²) >= 11 is 3.50. The molecule has 1 rings (SSSR count). The fourth-order valence-electron chi connectivity index (χ4n) is 1.76. The van der Waals surface area contributed by atoms with Crippen molar-refractivity contribution in [2.45, 2.75) is 38.9 Å². The maximum absolute atomic E-state index is 5.87. The summed E-state index contributed by atoms with van der Waals surface area (Å²) in [4.78, 5) is 0. The molecule has 0 fully saturated rings. The van der Waals surface area contributed by atoms with Crippen LogP contribution < -0.4 is 4.74 Å². The summed E-state index contributed by atoms with van der Waals surface area (Å²) in [6, 6.07) is 6.35. The quantitative estimate of drug-likeness (QED) is 0.688. The molecule has 0 aromatic heterocycles. The molecule has 0 aliphatic heterocycles. The van der Waals surface area contributed by atoms with E-state index in [1.807, 2.05) is 0 Å². The molecule has 1 aromatic carbocycles. The van der Waals surface area contributed by atoms with Crippen molar-refractivity contribution in [3.05, 3.63) is 29.3 Å². The second kappa shape index (κ2) is 6.95. The van der Waals surface area contributed by atoms with Gasteiger partial charge in [0.2, 0.25) is 0 Å². The lowest BCUT2D eigenvalue weighted by atomic mass is 10.1. The maximum atomic E-state index is 5.87. The van der Waals surface area contributed by atoms with Gasteiger partial charge in [0.05, 0.1) is 6.61 Å². The average molecular weight is 285 g/mol. The predicted octanol–water partition coefficient (Wildman–Crippen LogP) is 4.70. The number of ether oxygens (including phenoxy) is 1. The molecule has 0 saturated carbocycles. The predicted molar refractivity (Wildman–Crippen MR) is 73.4 cm³/mol. The highest BCUT2D eigenvalue weighted by molar-refractivity contribution is 9.08. The zero-order valence-electron chi connectivity index (χ0n) is 10.4. The standard InChI is InChI=1S/C14H21BrO/c1-4-5-12(3)10-16-14-7-6-11(2)8-13(14)9-15/h6-8,12H,4-5,9-10H2,1-3H3. The van der Waals surface area contributed by atoms with Crippen molar-refractivity contribution in [3.63, 3.8) is 0 Å². The number of rotatable bonds is 6. The summed E-state index contributed by atoms with van der Waals surface area (Å²) in [7, 11) is 0. The van der Waals surface area contributed by atoms with E-state index in [2.05, 4.69) is 54.9 Å². The van der Waals surface area contributed by atoms with E-state index in [9.17, 15) is 0 Å². The van der Waals surface area contributed by atoms with Crippen LogP contribution >= 0.6 is 15.9 Å². The molecule has 1 atom stereocenters. The first kappa shape index (κ1) is 13.6. The Labute approximate surface area is 107 Å². The molecule has 16 heavy (non-hydrogen) atoms. The topological polar surface area (TPSA) is 9.23 Å². The number of benzene rings is 1. The van der Waals surface area contributed by atoms with Crippen molar-refractivity contribution in [1.82, 2.24) is 0 Å². The highest BCUT2D eigenvalue weighted by Crippen LogP contribution is 2.23.